The Balaban J connectivity index is 1.76. The lowest BCUT2D eigenvalue weighted by atomic mass is 9.96. The summed E-state index contributed by atoms with van der Waals surface area (Å²) in [7, 11) is 0.951. The Morgan fingerprint density at radius 1 is 0.935 bits per heavy atom. The lowest BCUT2D eigenvalue weighted by Gasteiger charge is -2.31. The zero-order valence-electron chi connectivity index (χ0n) is 17.6. The van der Waals surface area contributed by atoms with E-state index in [0.29, 0.717) is 45.1 Å². The smallest absolute Gasteiger partial charge is 0.264 e. The highest BCUT2D eigenvalue weighted by atomic mass is 32.2. The molecule has 3 aromatic rings. The van der Waals surface area contributed by atoms with E-state index < -0.39 is 10.0 Å². The maximum absolute atomic E-state index is 13.0. The molecule has 0 unspecified atom stereocenters. The van der Waals surface area contributed by atoms with E-state index in [1.807, 2.05) is 0 Å². The number of methoxy groups -OCH3 is 2. The second kappa shape index (κ2) is 7.63. The van der Waals surface area contributed by atoms with Crippen LogP contribution >= 0.6 is 0 Å². The summed E-state index contributed by atoms with van der Waals surface area (Å²) in [5.74, 6) is 0.750. The van der Waals surface area contributed by atoms with E-state index in [1.54, 1.807) is 68.6 Å². The first-order chi connectivity index (χ1) is 14.8. The highest BCUT2D eigenvalue weighted by Gasteiger charge is 2.33. The van der Waals surface area contributed by atoms with Gasteiger partial charge in [0, 0.05) is 35.5 Å². The first-order valence-corrected chi connectivity index (χ1v) is 11.0. The van der Waals surface area contributed by atoms with Gasteiger partial charge in [-0.15, -0.1) is 0 Å². The van der Waals surface area contributed by atoms with Crippen molar-refractivity contribution in [3.8, 4) is 22.6 Å². The van der Waals surface area contributed by atoms with E-state index in [-0.39, 0.29) is 10.8 Å². The molecule has 3 aromatic carbocycles. The van der Waals surface area contributed by atoms with Gasteiger partial charge in [-0.3, -0.25) is 9.10 Å². The third-order valence-corrected chi connectivity index (χ3v) is 7.15. The molecule has 7 nitrogen and oxygen atoms in total. The fraction of sp³-hybridized carbons (Fsp3) is 0.174. The van der Waals surface area contributed by atoms with Crippen LogP contribution in [0.25, 0.3) is 11.1 Å². The molecule has 0 aliphatic carbocycles. The number of amides is 1. The summed E-state index contributed by atoms with van der Waals surface area (Å²) < 4.78 is 37.6. The van der Waals surface area contributed by atoms with E-state index in [9.17, 15) is 13.2 Å². The number of nitrogens with zero attached hydrogens (tertiary/aromatic N) is 1. The number of carbonyl (C=O) groups excluding carboxylic acids is 1. The highest BCUT2D eigenvalue weighted by molar-refractivity contribution is 7.93. The quantitative estimate of drug-likeness (QED) is 0.664. The second-order valence-electron chi connectivity index (χ2n) is 7.18. The summed E-state index contributed by atoms with van der Waals surface area (Å²) in [4.78, 5) is 13.2. The Morgan fingerprint density at radius 2 is 1.65 bits per heavy atom. The monoisotopic (exact) mass is 438 g/mol. The lowest BCUT2D eigenvalue weighted by molar-refractivity contribution is 0.102. The number of hydrogen-bond acceptors (Lipinski definition) is 5. The van der Waals surface area contributed by atoms with Crippen molar-refractivity contribution in [3.63, 3.8) is 0 Å². The summed E-state index contributed by atoms with van der Waals surface area (Å²) in [6.45, 7) is 1.80. The minimum Gasteiger partial charge on any atom is -0.493 e. The fourth-order valence-electron chi connectivity index (χ4n) is 3.83. The molecule has 8 heteroatoms. The molecular formula is C23H22N2O5S. The van der Waals surface area contributed by atoms with Crippen molar-refractivity contribution >= 4 is 27.3 Å². The Bertz CT molecular complexity index is 1300. The Kier molecular flexibility index (Phi) is 5.10. The molecule has 1 heterocycles. The van der Waals surface area contributed by atoms with Crippen LogP contribution in [0.2, 0.25) is 0 Å². The normalized spacial score (nSPS) is 13.7. The molecular weight excluding hydrogens is 416 g/mol. The van der Waals surface area contributed by atoms with Crippen LogP contribution in [0.15, 0.2) is 59.5 Å². The molecule has 0 spiro atoms. The van der Waals surface area contributed by atoms with Crippen LogP contribution in [0, 0.1) is 6.92 Å². The first-order valence-electron chi connectivity index (χ1n) is 9.54. The molecule has 0 aromatic heterocycles. The summed E-state index contributed by atoms with van der Waals surface area (Å²) in [5, 5.41) is 2.86. The van der Waals surface area contributed by atoms with Gasteiger partial charge in [-0.1, -0.05) is 18.2 Å². The molecule has 1 aliphatic heterocycles. The van der Waals surface area contributed by atoms with Gasteiger partial charge in [-0.2, -0.15) is 0 Å². The van der Waals surface area contributed by atoms with Gasteiger partial charge < -0.3 is 14.8 Å². The topological polar surface area (TPSA) is 84.9 Å². The molecule has 0 bridgehead atoms. The van der Waals surface area contributed by atoms with Crippen LogP contribution in [0.5, 0.6) is 11.5 Å². The fourth-order valence-corrected chi connectivity index (χ4v) is 5.32. The molecule has 4 rings (SSSR count). The molecule has 1 aliphatic rings. The van der Waals surface area contributed by atoms with Crippen molar-refractivity contribution < 1.29 is 22.7 Å². The number of nitrogens with one attached hydrogen (secondary N) is 1. The van der Waals surface area contributed by atoms with Gasteiger partial charge >= 0.3 is 0 Å². The number of ether oxygens (including phenoxy) is 2. The largest absolute Gasteiger partial charge is 0.493 e. The van der Waals surface area contributed by atoms with Crippen LogP contribution in [0.4, 0.5) is 11.4 Å². The van der Waals surface area contributed by atoms with Crippen molar-refractivity contribution in [1.82, 2.24) is 0 Å². The number of anilines is 2. The van der Waals surface area contributed by atoms with Gasteiger partial charge in [0.2, 0.25) is 0 Å². The Hall–Kier alpha value is -3.52. The molecule has 0 saturated heterocycles. The molecule has 0 saturated carbocycles. The number of rotatable bonds is 4. The van der Waals surface area contributed by atoms with Crippen LogP contribution < -0.4 is 19.1 Å². The number of carbonyl (C=O) groups is 1. The summed E-state index contributed by atoms with van der Waals surface area (Å²) in [6.07, 6.45) is 0. The lowest BCUT2D eigenvalue weighted by Crippen LogP contribution is -2.31. The van der Waals surface area contributed by atoms with Crippen LogP contribution in [-0.2, 0) is 10.0 Å². The van der Waals surface area contributed by atoms with Gasteiger partial charge in [0.05, 0.1) is 24.8 Å². The van der Waals surface area contributed by atoms with Gasteiger partial charge in [-0.05, 0) is 42.8 Å². The maximum Gasteiger partial charge on any atom is 0.264 e. The number of hydrogen-bond donors (Lipinski definition) is 1. The van der Waals surface area contributed by atoms with Crippen molar-refractivity contribution in [2.75, 3.05) is 30.9 Å². The van der Waals surface area contributed by atoms with E-state index in [1.165, 1.54) is 18.5 Å². The zero-order chi connectivity index (χ0) is 22.3. The number of benzene rings is 3. The summed E-state index contributed by atoms with van der Waals surface area (Å²) in [6, 6.07) is 15.3. The average molecular weight is 439 g/mol. The van der Waals surface area contributed by atoms with Crippen molar-refractivity contribution in [2.45, 2.75) is 11.8 Å². The highest BCUT2D eigenvalue weighted by Crippen LogP contribution is 2.44. The SMILES string of the molecule is COc1ccc(NC(=O)c2cc(C)c3c(c2)-c2ccccc2S(=O)(=O)N3C)cc1OC. The first kappa shape index (κ1) is 20.7. The third kappa shape index (κ3) is 3.38. The number of aryl methyl sites for hydroxylation is 1. The molecule has 0 radical (unpaired) electrons. The van der Waals surface area contributed by atoms with Crippen LogP contribution in [-0.4, -0.2) is 35.6 Å². The molecule has 0 fully saturated rings. The zero-order valence-corrected chi connectivity index (χ0v) is 18.4. The summed E-state index contributed by atoms with van der Waals surface area (Å²) in [5.41, 5.74) is 3.52. The molecule has 160 valence electrons. The van der Waals surface area contributed by atoms with E-state index in [2.05, 4.69) is 5.32 Å². The standard InChI is InChI=1S/C23H22N2O5S/c1-14-11-15(23(26)24-16-9-10-19(29-3)20(13-16)30-4)12-18-17-7-5-6-8-21(17)31(27,28)25(2)22(14)18/h5-13H,1-4H3,(H,24,26). The van der Waals surface area contributed by atoms with E-state index in [0.717, 1.165) is 0 Å². The van der Waals surface area contributed by atoms with Crippen molar-refractivity contribution in [1.29, 1.82) is 0 Å². The predicted molar refractivity (Wildman–Crippen MR) is 120 cm³/mol. The van der Waals surface area contributed by atoms with Gasteiger partial charge in [0.1, 0.15) is 0 Å². The molecule has 0 atom stereocenters. The van der Waals surface area contributed by atoms with Gasteiger partial charge in [0.25, 0.3) is 15.9 Å². The Morgan fingerprint density at radius 3 is 2.35 bits per heavy atom. The predicted octanol–water partition coefficient (Wildman–Crippen LogP) is 4.07. The minimum absolute atomic E-state index is 0.224. The van der Waals surface area contributed by atoms with Crippen LogP contribution in [0.3, 0.4) is 0 Å². The van der Waals surface area contributed by atoms with E-state index in [4.69, 9.17) is 9.47 Å². The molecule has 1 amide bonds. The number of sulfonamides is 1. The van der Waals surface area contributed by atoms with Crippen molar-refractivity contribution in [2.24, 2.45) is 0 Å². The molecule has 31 heavy (non-hydrogen) atoms. The van der Waals surface area contributed by atoms with Gasteiger partial charge in [-0.25, -0.2) is 8.42 Å². The second-order valence-corrected chi connectivity index (χ2v) is 9.12. The molecule has 1 N–H and O–H groups in total. The minimum atomic E-state index is -3.65. The maximum atomic E-state index is 13.0. The summed E-state index contributed by atoms with van der Waals surface area (Å²) >= 11 is 0. The van der Waals surface area contributed by atoms with E-state index >= 15 is 0 Å². The third-order valence-electron chi connectivity index (χ3n) is 5.33. The Labute approximate surface area is 181 Å². The van der Waals surface area contributed by atoms with Crippen LogP contribution in [0.1, 0.15) is 15.9 Å². The van der Waals surface area contributed by atoms with Gasteiger partial charge in [0.15, 0.2) is 11.5 Å². The number of fused-ring (bicyclic) bond motifs is 3. The average Bonchev–Trinajstić information content (AvgIpc) is 2.77. The van der Waals surface area contributed by atoms with Crippen molar-refractivity contribution in [3.05, 3.63) is 65.7 Å².